The van der Waals surface area contributed by atoms with Crippen LogP contribution in [-0.4, -0.2) is 46.9 Å². The first kappa shape index (κ1) is 14.0. The Morgan fingerprint density at radius 3 is 2.89 bits per heavy atom. The third-order valence-corrected chi connectivity index (χ3v) is 4.10. The largest absolute Gasteiger partial charge is 0.377 e. The van der Waals surface area contributed by atoms with Crippen LogP contribution in [0.25, 0.3) is 0 Å². The maximum Gasteiger partial charge on any atom is 0.273 e. The van der Waals surface area contributed by atoms with Gasteiger partial charge in [0.25, 0.3) is 5.91 Å². The fourth-order valence-electron chi connectivity index (χ4n) is 2.06. The lowest BCUT2D eigenvalue weighted by molar-refractivity contribution is 0.0158. The van der Waals surface area contributed by atoms with Crippen molar-refractivity contribution in [2.45, 2.75) is 25.9 Å². The Bertz CT molecular complexity index is 403. The van der Waals surface area contributed by atoms with E-state index < -0.39 is 0 Å². The Hall–Kier alpha value is -0.460. The van der Waals surface area contributed by atoms with E-state index in [2.05, 4.69) is 20.9 Å². The number of alkyl halides is 1. The van der Waals surface area contributed by atoms with E-state index in [1.165, 1.54) is 11.3 Å². The number of carbonyl (C=O) groups excluding carboxylic acids is 1. The third-order valence-electron chi connectivity index (χ3n) is 3.00. The highest BCUT2D eigenvalue weighted by Gasteiger charge is 2.25. The lowest BCUT2D eigenvalue weighted by Gasteiger charge is -2.31. The third kappa shape index (κ3) is 3.52. The van der Waals surface area contributed by atoms with Crippen molar-refractivity contribution in [1.29, 1.82) is 0 Å². The first-order chi connectivity index (χ1) is 8.70. The summed E-state index contributed by atoms with van der Waals surface area (Å²) < 4.78 is 5.67. The Morgan fingerprint density at radius 2 is 2.33 bits per heavy atom. The number of hydrogen-bond acceptors (Lipinski definition) is 4. The van der Waals surface area contributed by atoms with Crippen LogP contribution in [0.1, 0.15) is 28.3 Å². The summed E-state index contributed by atoms with van der Waals surface area (Å²) in [6, 6.07) is 0. The number of likely N-dealkylation sites (tertiary alicyclic amines) is 1. The van der Waals surface area contributed by atoms with Gasteiger partial charge < -0.3 is 9.64 Å². The minimum atomic E-state index is 0.0540. The summed E-state index contributed by atoms with van der Waals surface area (Å²) in [4.78, 5) is 18.3. The molecule has 1 fully saturated rings. The van der Waals surface area contributed by atoms with E-state index >= 15 is 0 Å². The van der Waals surface area contributed by atoms with Gasteiger partial charge in [0.05, 0.1) is 17.7 Å². The molecule has 2 rings (SSSR count). The molecule has 0 spiro atoms. The van der Waals surface area contributed by atoms with Crippen molar-refractivity contribution in [3.05, 3.63) is 16.1 Å². The van der Waals surface area contributed by atoms with E-state index in [9.17, 15) is 4.79 Å². The van der Waals surface area contributed by atoms with Crippen molar-refractivity contribution in [3.8, 4) is 0 Å². The standard InChI is InChI=1S/C12H17BrN2O2S/c1-9-14-11(8-18-9)12(16)15-5-2-10(3-6-15)17-7-4-13/h8,10H,2-7H2,1H3. The normalized spacial score (nSPS) is 17.1. The highest BCUT2D eigenvalue weighted by Crippen LogP contribution is 2.17. The van der Waals surface area contributed by atoms with Gasteiger partial charge in [-0.2, -0.15) is 0 Å². The molecule has 100 valence electrons. The molecule has 1 saturated heterocycles. The predicted octanol–water partition coefficient (Wildman–Crippen LogP) is 2.47. The molecule has 0 bridgehead atoms. The fourth-order valence-corrected chi connectivity index (χ4v) is 2.83. The van der Waals surface area contributed by atoms with Crippen LogP contribution in [0.4, 0.5) is 0 Å². The molecule has 0 aromatic carbocycles. The smallest absolute Gasteiger partial charge is 0.273 e. The maximum atomic E-state index is 12.2. The van der Waals surface area contributed by atoms with Gasteiger partial charge in [0.2, 0.25) is 0 Å². The SMILES string of the molecule is Cc1nc(C(=O)N2CCC(OCCBr)CC2)cs1. The van der Waals surface area contributed by atoms with Crippen molar-refractivity contribution in [3.63, 3.8) is 0 Å². The van der Waals surface area contributed by atoms with E-state index in [0.717, 1.165) is 42.9 Å². The number of nitrogens with zero attached hydrogens (tertiary/aromatic N) is 2. The number of aromatic nitrogens is 1. The van der Waals surface area contributed by atoms with Gasteiger partial charge in [-0.3, -0.25) is 4.79 Å². The van der Waals surface area contributed by atoms with Crippen LogP contribution in [0.3, 0.4) is 0 Å². The van der Waals surface area contributed by atoms with E-state index in [0.29, 0.717) is 11.8 Å². The van der Waals surface area contributed by atoms with Crippen molar-refractivity contribution in [2.75, 3.05) is 25.0 Å². The molecule has 4 nitrogen and oxygen atoms in total. The van der Waals surface area contributed by atoms with E-state index in [1.807, 2.05) is 17.2 Å². The lowest BCUT2D eigenvalue weighted by Crippen LogP contribution is -2.41. The monoisotopic (exact) mass is 332 g/mol. The van der Waals surface area contributed by atoms with Gasteiger partial charge in [-0.1, -0.05) is 15.9 Å². The average molecular weight is 333 g/mol. The number of halogens is 1. The van der Waals surface area contributed by atoms with Gasteiger partial charge in [0.1, 0.15) is 5.69 Å². The highest BCUT2D eigenvalue weighted by molar-refractivity contribution is 9.09. The average Bonchev–Trinajstić information content (AvgIpc) is 2.83. The second-order valence-corrected chi connectivity index (χ2v) is 6.16. The predicted molar refractivity (Wildman–Crippen MR) is 75.5 cm³/mol. The Morgan fingerprint density at radius 1 is 1.61 bits per heavy atom. The van der Waals surface area contributed by atoms with E-state index in [-0.39, 0.29) is 5.91 Å². The van der Waals surface area contributed by atoms with Crippen LogP contribution in [0.5, 0.6) is 0 Å². The Labute approximate surface area is 119 Å². The number of piperidine rings is 1. The molecule has 0 atom stereocenters. The zero-order valence-corrected chi connectivity index (χ0v) is 12.8. The summed E-state index contributed by atoms with van der Waals surface area (Å²) in [5, 5.41) is 3.64. The summed E-state index contributed by atoms with van der Waals surface area (Å²) in [6.45, 7) is 4.19. The van der Waals surface area contributed by atoms with Gasteiger partial charge in [-0.15, -0.1) is 11.3 Å². The molecule has 0 radical (unpaired) electrons. The molecule has 2 heterocycles. The topological polar surface area (TPSA) is 42.4 Å². The first-order valence-corrected chi connectivity index (χ1v) is 8.10. The molecule has 1 amide bonds. The summed E-state index contributed by atoms with van der Waals surface area (Å²) >= 11 is 4.87. The number of rotatable bonds is 4. The molecule has 0 unspecified atom stereocenters. The number of ether oxygens (including phenoxy) is 1. The van der Waals surface area contributed by atoms with Crippen molar-refractivity contribution >= 4 is 33.2 Å². The molecular weight excluding hydrogens is 316 g/mol. The summed E-state index contributed by atoms with van der Waals surface area (Å²) in [5.74, 6) is 0.0540. The first-order valence-electron chi connectivity index (χ1n) is 6.09. The van der Waals surface area contributed by atoms with E-state index in [1.54, 1.807) is 0 Å². The zero-order chi connectivity index (χ0) is 13.0. The molecular formula is C12H17BrN2O2S. The second kappa shape index (κ2) is 6.63. The van der Waals surface area contributed by atoms with Crippen molar-refractivity contribution in [2.24, 2.45) is 0 Å². The zero-order valence-electron chi connectivity index (χ0n) is 10.4. The number of hydrogen-bond donors (Lipinski definition) is 0. The minimum Gasteiger partial charge on any atom is -0.377 e. The van der Waals surface area contributed by atoms with Gasteiger partial charge in [0.15, 0.2) is 0 Å². The van der Waals surface area contributed by atoms with Crippen LogP contribution >= 0.6 is 27.3 Å². The molecule has 1 aromatic heterocycles. The van der Waals surface area contributed by atoms with Crippen molar-refractivity contribution in [1.82, 2.24) is 9.88 Å². The van der Waals surface area contributed by atoms with Gasteiger partial charge in [-0.05, 0) is 19.8 Å². The van der Waals surface area contributed by atoms with Crippen LogP contribution < -0.4 is 0 Å². The molecule has 6 heteroatoms. The Kier molecular flexibility index (Phi) is 5.14. The van der Waals surface area contributed by atoms with Gasteiger partial charge >= 0.3 is 0 Å². The van der Waals surface area contributed by atoms with Crippen LogP contribution in [0.2, 0.25) is 0 Å². The number of amides is 1. The maximum absolute atomic E-state index is 12.2. The second-order valence-electron chi connectivity index (χ2n) is 4.30. The fraction of sp³-hybridized carbons (Fsp3) is 0.667. The molecule has 1 aliphatic rings. The summed E-state index contributed by atoms with van der Waals surface area (Å²) in [7, 11) is 0. The summed E-state index contributed by atoms with van der Waals surface area (Å²) in [6.07, 6.45) is 2.13. The lowest BCUT2D eigenvalue weighted by atomic mass is 10.1. The van der Waals surface area contributed by atoms with Gasteiger partial charge in [0, 0.05) is 23.8 Å². The van der Waals surface area contributed by atoms with E-state index in [4.69, 9.17) is 4.74 Å². The highest BCUT2D eigenvalue weighted by atomic mass is 79.9. The number of aryl methyl sites for hydroxylation is 1. The molecule has 0 N–H and O–H groups in total. The molecule has 1 aromatic rings. The van der Waals surface area contributed by atoms with Crippen LogP contribution in [0, 0.1) is 6.92 Å². The Balaban J connectivity index is 1.84. The summed E-state index contributed by atoms with van der Waals surface area (Å²) in [5.41, 5.74) is 0.581. The van der Waals surface area contributed by atoms with Crippen LogP contribution in [0.15, 0.2) is 5.38 Å². The number of thiazole rings is 1. The number of carbonyl (C=O) groups is 1. The van der Waals surface area contributed by atoms with Crippen LogP contribution in [-0.2, 0) is 4.74 Å². The molecule has 1 aliphatic heterocycles. The quantitative estimate of drug-likeness (QED) is 0.795. The minimum absolute atomic E-state index is 0.0540. The van der Waals surface area contributed by atoms with Crippen molar-refractivity contribution < 1.29 is 9.53 Å². The van der Waals surface area contributed by atoms with Gasteiger partial charge in [-0.25, -0.2) is 4.98 Å². The molecule has 18 heavy (non-hydrogen) atoms. The molecule has 0 saturated carbocycles. The molecule has 0 aliphatic carbocycles.